The first kappa shape index (κ1) is 12.1. The average molecular weight is 262 g/mol. The lowest BCUT2D eigenvalue weighted by Crippen LogP contribution is -2.17. The van der Waals surface area contributed by atoms with Gasteiger partial charge in [-0.15, -0.1) is 0 Å². The van der Waals surface area contributed by atoms with E-state index in [2.05, 4.69) is 42.4 Å². The molecule has 4 heteroatoms. The molecule has 0 spiro atoms. The van der Waals surface area contributed by atoms with Gasteiger partial charge in [-0.25, -0.2) is 4.98 Å². The van der Waals surface area contributed by atoms with E-state index >= 15 is 0 Å². The van der Waals surface area contributed by atoms with E-state index in [1.165, 1.54) is 16.9 Å². The fraction of sp³-hybridized carbons (Fsp3) is 0.500. The number of aryl methyl sites for hydroxylation is 1. The Kier molecular flexibility index (Phi) is 3.31. The zero-order valence-corrected chi connectivity index (χ0v) is 11.5. The predicted molar refractivity (Wildman–Crippen MR) is 76.2 cm³/mol. The van der Waals surface area contributed by atoms with Crippen LogP contribution in [0.3, 0.4) is 0 Å². The summed E-state index contributed by atoms with van der Waals surface area (Å²) >= 11 is 4.33. The van der Waals surface area contributed by atoms with E-state index in [0.29, 0.717) is 5.92 Å². The summed E-state index contributed by atoms with van der Waals surface area (Å²) in [6.45, 7) is 1.71. The third-order valence-corrected chi connectivity index (χ3v) is 4.11. The van der Waals surface area contributed by atoms with Crippen LogP contribution >= 0.6 is 12.6 Å². The highest BCUT2D eigenvalue weighted by atomic mass is 32.1. The molecule has 18 heavy (non-hydrogen) atoms. The van der Waals surface area contributed by atoms with Crippen LogP contribution in [0.2, 0.25) is 0 Å². The molecule has 0 N–H and O–H groups in total. The highest BCUT2D eigenvalue weighted by Gasteiger charge is 2.21. The Morgan fingerprint density at radius 3 is 2.89 bits per heavy atom. The second kappa shape index (κ2) is 4.94. The Morgan fingerprint density at radius 2 is 2.17 bits per heavy atom. The van der Waals surface area contributed by atoms with Gasteiger partial charge < -0.3 is 9.30 Å². The SMILES string of the molecule is Cn1c(C2CCOCC2)nc2ccc(CS)cc21. The molecular weight excluding hydrogens is 244 g/mol. The van der Waals surface area contributed by atoms with Gasteiger partial charge in [0.15, 0.2) is 0 Å². The van der Waals surface area contributed by atoms with E-state index in [0.717, 1.165) is 37.3 Å². The van der Waals surface area contributed by atoms with Crippen LogP contribution in [0.5, 0.6) is 0 Å². The monoisotopic (exact) mass is 262 g/mol. The van der Waals surface area contributed by atoms with Crippen molar-refractivity contribution in [1.82, 2.24) is 9.55 Å². The molecular formula is C14H18N2OS. The normalized spacial score (nSPS) is 17.4. The number of nitrogens with zero attached hydrogens (tertiary/aromatic N) is 2. The number of thiol groups is 1. The van der Waals surface area contributed by atoms with E-state index in [-0.39, 0.29) is 0 Å². The van der Waals surface area contributed by atoms with Crippen molar-refractivity contribution in [1.29, 1.82) is 0 Å². The molecule has 1 aliphatic heterocycles. The number of hydrogen-bond donors (Lipinski definition) is 1. The first-order valence-electron chi connectivity index (χ1n) is 6.43. The Bertz CT molecular complexity index is 558. The van der Waals surface area contributed by atoms with Crippen LogP contribution in [-0.4, -0.2) is 22.8 Å². The minimum Gasteiger partial charge on any atom is -0.381 e. The molecule has 1 saturated heterocycles. The van der Waals surface area contributed by atoms with Crippen molar-refractivity contribution in [3.05, 3.63) is 29.6 Å². The van der Waals surface area contributed by atoms with Crippen molar-refractivity contribution in [2.45, 2.75) is 24.5 Å². The van der Waals surface area contributed by atoms with Gasteiger partial charge in [-0.2, -0.15) is 12.6 Å². The standard InChI is InChI=1S/C14H18N2OS/c1-16-13-8-10(9-18)2-3-12(13)15-14(16)11-4-6-17-7-5-11/h2-3,8,11,18H,4-7,9H2,1H3. The molecule has 0 unspecified atom stereocenters. The lowest BCUT2D eigenvalue weighted by atomic mass is 9.99. The summed E-state index contributed by atoms with van der Waals surface area (Å²) in [6, 6.07) is 6.40. The first-order valence-corrected chi connectivity index (χ1v) is 7.06. The van der Waals surface area contributed by atoms with Gasteiger partial charge in [0.25, 0.3) is 0 Å². The highest BCUT2D eigenvalue weighted by molar-refractivity contribution is 7.79. The van der Waals surface area contributed by atoms with E-state index in [9.17, 15) is 0 Å². The number of fused-ring (bicyclic) bond motifs is 1. The van der Waals surface area contributed by atoms with E-state index < -0.39 is 0 Å². The molecule has 1 aliphatic rings. The second-order valence-corrected chi connectivity index (χ2v) is 5.21. The van der Waals surface area contributed by atoms with Crippen molar-refractivity contribution in [2.24, 2.45) is 7.05 Å². The fourth-order valence-electron chi connectivity index (χ4n) is 2.67. The Hall–Kier alpha value is -1.00. The molecule has 2 heterocycles. The summed E-state index contributed by atoms with van der Waals surface area (Å²) in [7, 11) is 2.11. The van der Waals surface area contributed by atoms with E-state index in [4.69, 9.17) is 9.72 Å². The van der Waals surface area contributed by atoms with Gasteiger partial charge in [-0.1, -0.05) is 6.07 Å². The smallest absolute Gasteiger partial charge is 0.112 e. The number of benzene rings is 1. The van der Waals surface area contributed by atoms with Gasteiger partial charge in [0.05, 0.1) is 11.0 Å². The van der Waals surface area contributed by atoms with E-state index in [1.807, 2.05) is 0 Å². The van der Waals surface area contributed by atoms with Gasteiger partial charge >= 0.3 is 0 Å². The van der Waals surface area contributed by atoms with Gasteiger partial charge in [0.1, 0.15) is 5.82 Å². The Labute approximate surface area is 113 Å². The van der Waals surface area contributed by atoms with Crippen molar-refractivity contribution in [3.63, 3.8) is 0 Å². The fourth-order valence-corrected chi connectivity index (χ4v) is 2.87. The minimum atomic E-state index is 0.538. The van der Waals surface area contributed by atoms with Crippen LogP contribution in [0.4, 0.5) is 0 Å². The van der Waals surface area contributed by atoms with Crippen molar-refractivity contribution in [3.8, 4) is 0 Å². The van der Waals surface area contributed by atoms with Crippen LogP contribution in [0.1, 0.15) is 30.1 Å². The number of imidazole rings is 1. The third kappa shape index (κ3) is 2.04. The predicted octanol–water partition coefficient (Wildman–Crippen LogP) is 2.90. The molecule has 0 atom stereocenters. The highest BCUT2D eigenvalue weighted by Crippen LogP contribution is 2.29. The van der Waals surface area contributed by atoms with Crippen molar-refractivity contribution >= 4 is 23.7 Å². The summed E-state index contributed by atoms with van der Waals surface area (Å²) in [6.07, 6.45) is 2.16. The quantitative estimate of drug-likeness (QED) is 0.843. The van der Waals surface area contributed by atoms with E-state index in [1.54, 1.807) is 0 Å². The van der Waals surface area contributed by atoms with Gasteiger partial charge in [0, 0.05) is 31.9 Å². The summed E-state index contributed by atoms with van der Waals surface area (Å²) in [4.78, 5) is 4.79. The molecule has 1 aromatic heterocycles. The maximum absolute atomic E-state index is 5.42. The molecule has 3 nitrogen and oxygen atoms in total. The van der Waals surface area contributed by atoms with Crippen LogP contribution in [0.25, 0.3) is 11.0 Å². The minimum absolute atomic E-state index is 0.538. The average Bonchev–Trinajstić information content (AvgIpc) is 2.77. The second-order valence-electron chi connectivity index (χ2n) is 4.90. The van der Waals surface area contributed by atoms with Gasteiger partial charge in [0.2, 0.25) is 0 Å². The lowest BCUT2D eigenvalue weighted by molar-refractivity contribution is 0.0831. The molecule has 2 aromatic rings. The van der Waals surface area contributed by atoms with Crippen LogP contribution < -0.4 is 0 Å². The topological polar surface area (TPSA) is 27.1 Å². The summed E-state index contributed by atoms with van der Waals surface area (Å²) < 4.78 is 7.66. The van der Waals surface area contributed by atoms with Crippen LogP contribution in [0, 0.1) is 0 Å². The summed E-state index contributed by atoms with van der Waals surface area (Å²) in [5, 5.41) is 0. The van der Waals surface area contributed by atoms with Crippen LogP contribution in [-0.2, 0) is 17.5 Å². The molecule has 0 amide bonds. The number of aromatic nitrogens is 2. The molecule has 96 valence electrons. The molecule has 0 bridgehead atoms. The number of hydrogen-bond acceptors (Lipinski definition) is 3. The Balaban J connectivity index is 2.04. The molecule has 0 radical (unpaired) electrons. The maximum Gasteiger partial charge on any atom is 0.112 e. The molecule has 1 fully saturated rings. The maximum atomic E-state index is 5.42. The number of ether oxygens (including phenoxy) is 1. The zero-order chi connectivity index (χ0) is 12.5. The summed E-state index contributed by atoms with van der Waals surface area (Å²) in [5.74, 6) is 2.51. The summed E-state index contributed by atoms with van der Waals surface area (Å²) in [5.41, 5.74) is 3.54. The molecule has 3 rings (SSSR count). The molecule has 0 aliphatic carbocycles. The largest absolute Gasteiger partial charge is 0.381 e. The Morgan fingerprint density at radius 1 is 1.39 bits per heavy atom. The number of rotatable bonds is 2. The zero-order valence-electron chi connectivity index (χ0n) is 10.6. The molecule has 1 aromatic carbocycles. The molecule has 0 saturated carbocycles. The third-order valence-electron chi connectivity index (χ3n) is 3.75. The first-order chi connectivity index (χ1) is 8.79. The van der Waals surface area contributed by atoms with Crippen molar-refractivity contribution < 1.29 is 4.74 Å². The van der Waals surface area contributed by atoms with Gasteiger partial charge in [-0.3, -0.25) is 0 Å². The van der Waals surface area contributed by atoms with Crippen LogP contribution in [0.15, 0.2) is 18.2 Å². The lowest BCUT2D eigenvalue weighted by Gasteiger charge is -2.21. The van der Waals surface area contributed by atoms with Crippen molar-refractivity contribution in [2.75, 3.05) is 13.2 Å². The van der Waals surface area contributed by atoms with Gasteiger partial charge in [-0.05, 0) is 30.5 Å².